The number of aromatic nitrogens is 1. The van der Waals surface area contributed by atoms with Crippen molar-refractivity contribution in [3.63, 3.8) is 0 Å². The SMILES string of the molecule is CC1(N)CCN(C(=O)c2csc(Sc3cccc(Cl)c3Cl)n2)CC1. The second-order valence-corrected chi connectivity index (χ2v) is 9.03. The van der Waals surface area contributed by atoms with E-state index in [0.717, 1.165) is 22.1 Å². The Hall–Kier alpha value is -0.790. The molecule has 0 spiro atoms. The molecule has 128 valence electrons. The molecule has 0 unspecified atom stereocenters. The molecule has 2 N–H and O–H groups in total. The predicted octanol–water partition coefficient (Wildman–Crippen LogP) is 4.55. The van der Waals surface area contributed by atoms with E-state index in [0.29, 0.717) is 28.8 Å². The maximum absolute atomic E-state index is 12.6. The van der Waals surface area contributed by atoms with Gasteiger partial charge >= 0.3 is 0 Å². The van der Waals surface area contributed by atoms with Crippen molar-refractivity contribution < 1.29 is 4.79 Å². The van der Waals surface area contributed by atoms with Gasteiger partial charge < -0.3 is 10.6 Å². The van der Waals surface area contributed by atoms with Crippen LogP contribution in [0, 0.1) is 0 Å². The Bertz CT molecular complexity index is 754. The van der Waals surface area contributed by atoms with Crippen molar-refractivity contribution in [2.24, 2.45) is 5.73 Å². The van der Waals surface area contributed by atoms with E-state index in [1.807, 2.05) is 24.0 Å². The molecular weight excluding hydrogens is 385 g/mol. The first-order chi connectivity index (χ1) is 11.4. The Kier molecular flexibility index (Phi) is 5.42. The van der Waals surface area contributed by atoms with Gasteiger partial charge in [-0.25, -0.2) is 4.98 Å². The Morgan fingerprint density at radius 3 is 2.79 bits per heavy atom. The van der Waals surface area contributed by atoms with Gasteiger partial charge in [0.1, 0.15) is 5.69 Å². The average molecular weight is 402 g/mol. The topological polar surface area (TPSA) is 59.2 Å². The number of likely N-dealkylation sites (tertiary alicyclic amines) is 1. The summed E-state index contributed by atoms with van der Waals surface area (Å²) < 4.78 is 0.767. The summed E-state index contributed by atoms with van der Waals surface area (Å²) >= 11 is 15.1. The number of nitrogens with two attached hydrogens (primary N) is 1. The standard InChI is InChI=1S/C16H17Cl2N3OS2/c1-16(19)5-7-21(8-6-16)14(22)11-9-23-15(20-11)24-12-4-2-3-10(17)13(12)18/h2-4,9H,5-8,19H2,1H3. The van der Waals surface area contributed by atoms with E-state index in [1.54, 1.807) is 11.4 Å². The highest BCUT2D eigenvalue weighted by molar-refractivity contribution is 8.01. The number of thiazole rings is 1. The second-order valence-electron chi connectivity index (χ2n) is 6.10. The third-order valence-electron chi connectivity index (χ3n) is 4.01. The molecule has 0 radical (unpaired) electrons. The van der Waals surface area contributed by atoms with Crippen LogP contribution in [-0.2, 0) is 0 Å². The molecule has 2 aromatic rings. The largest absolute Gasteiger partial charge is 0.337 e. The van der Waals surface area contributed by atoms with E-state index >= 15 is 0 Å². The summed E-state index contributed by atoms with van der Waals surface area (Å²) in [4.78, 5) is 19.7. The van der Waals surface area contributed by atoms with Crippen LogP contribution in [0.4, 0.5) is 0 Å². The minimum atomic E-state index is -0.177. The number of hydrogen-bond donors (Lipinski definition) is 1. The highest BCUT2D eigenvalue weighted by Crippen LogP contribution is 2.38. The molecule has 3 rings (SSSR count). The van der Waals surface area contributed by atoms with Crippen LogP contribution in [-0.4, -0.2) is 34.4 Å². The Labute approximate surface area is 159 Å². The van der Waals surface area contributed by atoms with Crippen LogP contribution in [0.2, 0.25) is 10.0 Å². The number of carbonyl (C=O) groups excluding carboxylic acids is 1. The number of hydrogen-bond acceptors (Lipinski definition) is 5. The highest BCUT2D eigenvalue weighted by Gasteiger charge is 2.29. The molecular formula is C16H17Cl2N3OS2. The number of piperidine rings is 1. The lowest BCUT2D eigenvalue weighted by Gasteiger charge is -2.36. The molecule has 0 saturated carbocycles. The minimum absolute atomic E-state index is 0.0363. The normalized spacial score (nSPS) is 17.1. The van der Waals surface area contributed by atoms with Gasteiger partial charge in [0.25, 0.3) is 5.91 Å². The second kappa shape index (κ2) is 7.22. The van der Waals surface area contributed by atoms with Gasteiger partial charge in [-0.05, 0) is 31.9 Å². The maximum Gasteiger partial charge on any atom is 0.273 e. The van der Waals surface area contributed by atoms with Gasteiger partial charge in [0, 0.05) is 28.9 Å². The van der Waals surface area contributed by atoms with Crippen molar-refractivity contribution in [1.82, 2.24) is 9.88 Å². The van der Waals surface area contributed by atoms with Crippen molar-refractivity contribution in [2.75, 3.05) is 13.1 Å². The molecule has 8 heteroatoms. The Morgan fingerprint density at radius 2 is 2.08 bits per heavy atom. The molecule has 1 aliphatic heterocycles. The van der Waals surface area contributed by atoms with Gasteiger partial charge in [-0.15, -0.1) is 11.3 Å². The van der Waals surface area contributed by atoms with E-state index in [4.69, 9.17) is 28.9 Å². The van der Waals surface area contributed by atoms with Gasteiger partial charge in [0.2, 0.25) is 0 Å². The molecule has 2 heterocycles. The van der Waals surface area contributed by atoms with Crippen LogP contribution in [0.3, 0.4) is 0 Å². The predicted molar refractivity (Wildman–Crippen MR) is 100 cm³/mol. The number of halogens is 2. The summed E-state index contributed by atoms with van der Waals surface area (Å²) in [5.74, 6) is -0.0363. The molecule has 4 nitrogen and oxygen atoms in total. The molecule has 1 fully saturated rings. The van der Waals surface area contributed by atoms with Crippen molar-refractivity contribution >= 4 is 52.2 Å². The molecule has 24 heavy (non-hydrogen) atoms. The fourth-order valence-electron chi connectivity index (χ4n) is 2.44. The molecule has 1 aliphatic rings. The first-order valence-electron chi connectivity index (χ1n) is 7.51. The summed E-state index contributed by atoms with van der Waals surface area (Å²) in [7, 11) is 0. The van der Waals surface area contributed by atoms with Crippen molar-refractivity contribution in [3.05, 3.63) is 39.3 Å². The number of benzene rings is 1. The Morgan fingerprint density at radius 1 is 1.38 bits per heavy atom. The summed E-state index contributed by atoms with van der Waals surface area (Å²) in [6, 6.07) is 5.47. The lowest BCUT2D eigenvalue weighted by Crippen LogP contribution is -2.49. The van der Waals surface area contributed by atoms with Crippen LogP contribution in [0.15, 0.2) is 32.8 Å². The van der Waals surface area contributed by atoms with Gasteiger partial charge in [0.05, 0.1) is 10.0 Å². The average Bonchev–Trinajstić information content (AvgIpc) is 3.00. The third kappa shape index (κ3) is 4.06. The summed E-state index contributed by atoms with van der Waals surface area (Å²) in [5.41, 5.74) is 6.41. The zero-order valence-corrected chi connectivity index (χ0v) is 16.2. The van der Waals surface area contributed by atoms with Gasteiger partial charge in [-0.2, -0.15) is 0 Å². The van der Waals surface area contributed by atoms with E-state index in [-0.39, 0.29) is 11.4 Å². The highest BCUT2D eigenvalue weighted by atomic mass is 35.5. The monoisotopic (exact) mass is 401 g/mol. The zero-order chi connectivity index (χ0) is 17.3. The van der Waals surface area contributed by atoms with Crippen molar-refractivity contribution in [1.29, 1.82) is 0 Å². The van der Waals surface area contributed by atoms with Crippen LogP contribution in [0.5, 0.6) is 0 Å². The molecule has 1 aromatic carbocycles. The van der Waals surface area contributed by atoms with E-state index < -0.39 is 0 Å². The quantitative estimate of drug-likeness (QED) is 0.818. The molecule has 0 aliphatic carbocycles. The first kappa shape index (κ1) is 18.0. The number of carbonyl (C=O) groups is 1. The first-order valence-corrected chi connectivity index (χ1v) is 9.96. The van der Waals surface area contributed by atoms with Gasteiger partial charge in [-0.1, -0.05) is 41.0 Å². The van der Waals surface area contributed by atoms with Gasteiger partial charge in [-0.3, -0.25) is 4.79 Å². The van der Waals surface area contributed by atoms with Crippen molar-refractivity contribution in [2.45, 2.75) is 34.5 Å². The van der Waals surface area contributed by atoms with Crippen LogP contribution >= 0.6 is 46.3 Å². The molecule has 1 amide bonds. The van der Waals surface area contributed by atoms with E-state index in [1.165, 1.54) is 23.1 Å². The summed E-state index contributed by atoms with van der Waals surface area (Å²) in [6.07, 6.45) is 1.62. The van der Waals surface area contributed by atoms with Crippen LogP contribution in [0.25, 0.3) is 0 Å². The molecule has 1 aromatic heterocycles. The Balaban J connectivity index is 1.69. The third-order valence-corrected chi connectivity index (χ3v) is 6.94. The van der Waals surface area contributed by atoms with E-state index in [9.17, 15) is 4.79 Å². The number of rotatable bonds is 3. The lowest BCUT2D eigenvalue weighted by atomic mass is 9.91. The molecule has 0 bridgehead atoms. The van der Waals surface area contributed by atoms with Crippen LogP contribution in [0.1, 0.15) is 30.3 Å². The fraction of sp³-hybridized carbons (Fsp3) is 0.375. The molecule has 0 atom stereocenters. The fourth-order valence-corrected chi connectivity index (χ4v) is 4.72. The lowest BCUT2D eigenvalue weighted by molar-refractivity contribution is 0.0675. The van der Waals surface area contributed by atoms with E-state index in [2.05, 4.69) is 4.98 Å². The van der Waals surface area contributed by atoms with Crippen LogP contribution < -0.4 is 5.73 Å². The number of amides is 1. The van der Waals surface area contributed by atoms with Gasteiger partial charge in [0.15, 0.2) is 4.34 Å². The zero-order valence-electron chi connectivity index (χ0n) is 13.1. The molecule has 1 saturated heterocycles. The summed E-state index contributed by atoms with van der Waals surface area (Å²) in [6.45, 7) is 3.37. The smallest absolute Gasteiger partial charge is 0.273 e. The number of nitrogens with zero attached hydrogens (tertiary/aromatic N) is 2. The minimum Gasteiger partial charge on any atom is -0.337 e. The summed E-state index contributed by atoms with van der Waals surface area (Å²) in [5, 5.41) is 2.80. The van der Waals surface area contributed by atoms with Crippen molar-refractivity contribution in [3.8, 4) is 0 Å². The maximum atomic E-state index is 12.6.